The molecule has 256 valence electrons. The van der Waals surface area contributed by atoms with Crippen LogP contribution in [0.4, 0.5) is 0 Å². The van der Waals surface area contributed by atoms with E-state index in [1.54, 1.807) is 6.07 Å². The number of benzene rings is 2. The highest BCUT2D eigenvalue weighted by molar-refractivity contribution is 7.87. The number of fused-ring (bicyclic) bond motifs is 5. The van der Waals surface area contributed by atoms with Gasteiger partial charge in [-0.15, -0.1) is 0 Å². The Labute approximate surface area is 283 Å². The summed E-state index contributed by atoms with van der Waals surface area (Å²) in [5.74, 6) is -0.241. The van der Waals surface area contributed by atoms with Gasteiger partial charge >= 0.3 is 10.2 Å². The molecule has 10 nitrogen and oxygen atoms in total. The lowest BCUT2D eigenvalue weighted by atomic mass is 9.81. The summed E-state index contributed by atoms with van der Waals surface area (Å²) < 4.78 is 30.5. The maximum absolute atomic E-state index is 14.4. The molecule has 7 rings (SSSR count). The molecule has 4 aliphatic rings. The average Bonchev–Trinajstić information content (AvgIpc) is 3.30. The van der Waals surface area contributed by atoms with Crippen LogP contribution in [0.5, 0.6) is 0 Å². The number of hydrogen-bond acceptors (Lipinski definition) is 5. The molecular weight excluding hydrogens is 627 g/mol. The third-order valence-electron chi connectivity index (χ3n) is 11.1. The van der Waals surface area contributed by atoms with Gasteiger partial charge in [-0.3, -0.25) is 14.4 Å². The fourth-order valence-electron chi connectivity index (χ4n) is 8.58. The summed E-state index contributed by atoms with van der Waals surface area (Å²) in [6, 6.07) is 14.1. The van der Waals surface area contributed by atoms with Crippen molar-refractivity contribution in [2.75, 3.05) is 33.7 Å². The van der Waals surface area contributed by atoms with Crippen LogP contribution in [-0.4, -0.2) is 84.6 Å². The molecule has 2 saturated heterocycles. The molecule has 1 unspecified atom stereocenters. The van der Waals surface area contributed by atoms with Gasteiger partial charge in [0.1, 0.15) is 0 Å². The number of aromatic nitrogens is 1. The Bertz CT molecular complexity index is 1840. The number of likely N-dealkylation sites (tertiary alicyclic amines) is 2. The molecule has 4 heterocycles. The number of piperidine rings is 2. The number of nitrogens with one attached hydrogen (secondary N) is 1. The molecule has 1 aromatic heterocycles. The highest BCUT2D eigenvalue weighted by atomic mass is 32.2. The van der Waals surface area contributed by atoms with E-state index < -0.39 is 16.1 Å². The maximum Gasteiger partial charge on any atom is 0.303 e. The molecule has 48 heavy (non-hydrogen) atoms. The molecule has 0 radical (unpaired) electrons. The second-order valence-corrected chi connectivity index (χ2v) is 16.2. The lowest BCUT2D eigenvalue weighted by Crippen LogP contribution is -2.51. The summed E-state index contributed by atoms with van der Waals surface area (Å²) in [4.78, 5) is 44.3. The van der Waals surface area contributed by atoms with Gasteiger partial charge in [-0.05, 0) is 74.1 Å². The zero-order valence-electron chi connectivity index (χ0n) is 28.1. The standard InChI is InChI=1S/C37H47N5O5S/c1-39(2)48(46,47)38-36(44)27-15-16-31-32(23-27)42-24-28(37(45)40-20-17-29(18-21-40)41-19-9-8-14-33(41)43)22-26-12-6-7-13-30(26)35(42)34(31)25-10-4-3-5-11-25/h6-7,12-13,15-16,23,25,28-29H,3-5,8-11,14,17-22,24H2,1-2H3,(H,38,44). The second kappa shape index (κ2) is 13.3. The van der Waals surface area contributed by atoms with Crippen LogP contribution < -0.4 is 4.72 Å². The third-order valence-corrected chi connectivity index (χ3v) is 12.6. The van der Waals surface area contributed by atoms with Gasteiger partial charge in [-0.2, -0.15) is 12.7 Å². The van der Waals surface area contributed by atoms with Gasteiger partial charge in [-0.25, -0.2) is 4.72 Å². The minimum absolute atomic E-state index is 0.133. The van der Waals surface area contributed by atoms with Crippen molar-refractivity contribution in [3.63, 3.8) is 0 Å². The second-order valence-electron chi connectivity index (χ2n) is 14.3. The molecule has 1 N–H and O–H groups in total. The predicted molar refractivity (Wildman–Crippen MR) is 186 cm³/mol. The van der Waals surface area contributed by atoms with Gasteiger partial charge in [-0.1, -0.05) is 49.6 Å². The SMILES string of the molecule is CN(C)S(=O)(=O)NC(=O)c1ccc2c(C3CCCCC3)c3n(c2c1)CC(C(=O)N1CCC(N2CCCCC2=O)CC1)Cc1ccccc1-3. The van der Waals surface area contributed by atoms with E-state index in [4.69, 9.17) is 0 Å². The zero-order valence-corrected chi connectivity index (χ0v) is 28.9. The Morgan fingerprint density at radius 2 is 1.65 bits per heavy atom. The molecule has 1 atom stereocenters. The molecular formula is C37H47N5O5S. The van der Waals surface area contributed by atoms with Crippen LogP contribution in [0.15, 0.2) is 42.5 Å². The first-order chi connectivity index (χ1) is 23.1. The minimum atomic E-state index is -3.97. The fraction of sp³-hybridized carbons (Fsp3) is 0.541. The lowest BCUT2D eigenvalue weighted by Gasteiger charge is -2.41. The molecule has 2 aromatic carbocycles. The lowest BCUT2D eigenvalue weighted by molar-refractivity contribution is -0.140. The predicted octanol–water partition coefficient (Wildman–Crippen LogP) is 5.07. The van der Waals surface area contributed by atoms with Crippen molar-refractivity contribution in [2.45, 2.75) is 89.1 Å². The van der Waals surface area contributed by atoms with Crippen LogP contribution in [0.3, 0.4) is 0 Å². The Morgan fingerprint density at radius 3 is 2.38 bits per heavy atom. The van der Waals surface area contributed by atoms with E-state index in [1.807, 2.05) is 23.1 Å². The van der Waals surface area contributed by atoms with Gasteiger partial charge in [0, 0.05) is 74.8 Å². The van der Waals surface area contributed by atoms with E-state index in [-0.39, 0.29) is 29.3 Å². The fourth-order valence-corrected chi connectivity index (χ4v) is 9.12. The first-order valence-corrected chi connectivity index (χ1v) is 19.1. The summed E-state index contributed by atoms with van der Waals surface area (Å²) in [6.07, 6.45) is 10.6. The molecule has 11 heteroatoms. The highest BCUT2D eigenvalue weighted by Crippen LogP contribution is 2.47. The average molecular weight is 674 g/mol. The van der Waals surface area contributed by atoms with Gasteiger partial charge in [0.05, 0.1) is 11.6 Å². The van der Waals surface area contributed by atoms with Crippen LogP contribution in [-0.2, 0) is 32.8 Å². The quantitative estimate of drug-likeness (QED) is 0.393. The number of carbonyl (C=O) groups excluding carboxylic acids is 3. The Morgan fingerprint density at radius 1 is 0.896 bits per heavy atom. The summed E-state index contributed by atoms with van der Waals surface area (Å²) in [5.41, 5.74) is 5.82. The molecule has 3 fully saturated rings. The highest BCUT2D eigenvalue weighted by Gasteiger charge is 2.37. The maximum atomic E-state index is 14.4. The van der Waals surface area contributed by atoms with Crippen LogP contribution >= 0.6 is 0 Å². The van der Waals surface area contributed by atoms with Gasteiger partial charge in [0.15, 0.2) is 0 Å². The smallest absolute Gasteiger partial charge is 0.303 e. The van der Waals surface area contributed by atoms with Crippen LogP contribution in [0.2, 0.25) is 0 Å². The van der Waals surface area contributed by atoms with Crippen molar-refractivity contribution in [3.8, 4) is 11.3 Å². The Kier molecular flexibility index (Phi) is 9.10. The number of hydrogen-bond donors (Lipinski definition) is 1. The number of amides is 3. The van der Waals surface area contributed by atoms with E-state index in [1.165, 1.54) is 38.9 Å². The van der Waals surface area contributed by atoms with Crippen LogP contribution in [0, 0.1) is 5.92 Å². The minimum Gasteiger partial charge on any atom is -0.342 e. The van der Waals surface area contributed by atoms with Crippen LogP contribution in [0.25, 0.3) is 22.2 Å². The molecule has 0 spiro atoms. The monoisotopic (exact) mass is 673 g/mol. The van der Waals surface area contributed by atoms with Crippen molar-refractivity contribution in [3.05, 3.63) is 59.2 Å². The van der Waals surface area contributed by atoms with Crippen molar-refractivity contribution < 1.29 is 22.8 Å². The van der Waals surface area contributed by atoms with Gasteiger partial charge in [0.25, 0.3) is 5.91 Å². The first kappa shape index (κ1) is 32.8. The number of rotatable bonds is 6. The molecule has 1 saturated carbocycles. The Balaban J connectivity index is 1.26. The topological polar surface area (TPSA) is 112 Å². The van der Waals surface area contributed by atoms with E-state index in [0.29, 0.717) is 38.4 Å². The van der Waals surface area contributed by atoms with Crippen molar-refractivity contribution in [2.24, 2.45) is 5.92 Å². The molecule has 0 bridgehead atoms. The van der Waals surface area contributed by atoms with Crippen molar-refractivity contribution >= 4 is 38.8 Å². The van der Waals surface area contributed by atoms with E-state index in [9.17, 15) is 22.8 Å². The van der Waals surface area contributed by atoms with E-state index in [0.717, 1.165) is 77.1 Å². The van der Waals surface area contributed by atoms with Gasteiger partial charge < -0.3 is 14.4 Å². The largest absolute Gasteiger partial charge is 0.342 e. The van der Waals surface area contributed by atoms with Crippen molar-refractivity contribution in [1.29, 1.82) is 0 Å². The summed E-state index contributed by atoms with van der Waals surface area (Å²) in [7, 11) is -1.20. The normalized spacial score (nSPS) is 21.2. The van der Waals surface area contributed by atoms with Gasteiger partial charge in [0.2, 0.25) is 11.8 Å². The Hall–Kier alpha value is -3.70. The van der Waals surface area contributed by atoms with Crippen LogP contribution in [0.1, 0.15) is 91.6 Å². The van der Waals surface area contributed by atoms with Crippen molar-refractivity contribution in [1.82, 2.24) is 23.4 Å². The third kappa shape index (κ3) is 6.15. The summed E-state index contributed by atoms with van der Waals surface area (Å²) >= 11 is 0. The molecule has 3 amide bonds. The number of nitrogens with zero attached hydrogens (tertiary/aromatic N) is 4. The van der Waals surface area contributed by atoms with E-state index >= 15 is 0 Å². The summed E-state index contributed by atoms with van der Waals surface area (Å²) in [5, 5.41) is 1.07. The van der Waals surface area contributed by atoms with E-state index in [2.05, 4.69) is 32.4 Å². The molecule has 1 aliphatic carbocycles. The first-order valence-electron chi connectivity index (χ1n) is 17.7. The molecule has 3 aromatic rings. The number of carbonyl (C=O) groups is 3. The zero-order chi connectivity index (χ0) is 33.6. The summed E-state index contributed by atoms with van der Waals surface area (Å²) in [6.45, 7) is 2.58. The molecule has 3 aliphatic heterocycles.